The number of amides is 1. The molecule has 0 aliphatic heterocycles. The molecule has 1 atom stereocenters. The summed E-state index contributed by atoms with van der Waals surface area (Å²) < 4.78 is 1.68. The molecule has 0 aromatic carbocycles. The number of thiazole rings is 1. The zero-order valence-corrected chi connectivity index (χ0v) is 19.0. The van der Waals surface area contributed by atoms with E-state index in [9.17, 15) is 9.59 Å². The number of anilines is 1. The molecule has 0 radical (unpaired) electrons. The van der Waals surface area contributed by atoms with E-state index in [4.69, 9.17) is 0 Å². The number of carbonyl (C=O) groups excluding carboxylic acids is 1. The number of aromatic nitrogens is 2. The number of carbonyl (C=O) groups is 1. The van der Waals surface area contributed by atoms with Crippen molar-refractivity contribution in [3.05, 3.63) is 56.8 Å². The monoisotopic (exact) mass is 441 g/mol. The Morgan fingerprint density at radius 2 is 2.00 bits per heavy atom. The Balaban J connectivity index is 1.68. The molecular formula is C23H27N3O2S2. The minimum Gasteiger partial charge on any atom is -0.300 e. The number of aryl methyl sites for hydroxylation is 2. The van der Waals surface area contributed by atoms with Gasteiger partial charge in [-0.1, -0.05) is 32.1 Å². The van der Waals surface area contributed by atoms with Crippen LogP contribution in [0, 0.1) is 19.8 Å². The number of nitrogens with one attached hydrogen (secondary N) is 1. The van der Waals surface area contributed by atoms with Gasteiger partial charge in [0.25, 0.3) is 5.56 Å². The van der Waals surface area contributed by atoms with Crippen LogP contribution in [0.5, 0.6) is 0 Å². The van der Waals surface area contributed by atoms with Crippen molar-refractivity contribution >= 4 is 33.7 Å². The van der Waals surface area contributed by atoms with E-state index in [1.807, 2.05) is 18.4 Å². The van der Waals surface area contributed by atoms with Gasteiger partial charge in [-0.15, -0.1) is 22.7 Å². The normalized spacial score (nSPS) is 15.8. The second-order valence-electron chi connectivity index (χ2n) is 8.16. The van der Waals surface area contributed by atoms with Gasteiger partial charge >= 0.3 is 0 Å². The lowest BCUT2D eigenvalue weighted by Gasteiger charge is -2.28. The summed E-state index contributed by atoms with van der Waals surface area (Å²) in [5.41, 5.74) is 2.81. The Labute approximate surface area is 184 Å². The van der Waals surface area contributed by atoms with Crippen LogP contribution in [0.15, 0.2) is 40.0 Å². The van der Waals surface area contributed by atoms with E-state index >= 15 is 0 Å². The predicted molar refractivity (Wildman–Crippen MR) is 124 cm³/mol. The highest BCUT2D eigenvalue weighted by Crippen LogP contribution is 2.33. The van der Waals surface area contributed by atoms with Crippen LogP contribution in [-0.2, 0) is 4.79 Å². The maximum absolute atomic E-state index is 13.2. The summed E-state index contributed by atoms with van der Waals surface area (Å²) in [4.78, 5) is 31.7. The third kappa shape index (κ3) is 4.73. The van der Waals surface area contributed by atoms with Gasteiger partial charge in [-0.2, -0.15) is 0 Å². The van der Waals surface area contributed by atoms with E-state index in [1.165, 1.54) is 36.2 Å². The Morgan fingerprint density at radius 3 is 2.63 bits per heavy atom. The molecule has 1 aliphatic rings. The van der Waals surface area contributed by atoms with Crippen LogP contribution in [-0.4, -0.2) is 15.5 Å². The number of rotatable bonds is 6. The van der Waals surface area contributed by atoms with Crippen molar-refractivity contribution in [2.24, 2.45) is 5.92 Å². The molecule has 30 heavy (non-hydrogen) atoms. The lowest BCUT2D eigenvalue weighted by molar-refractivity contribution is -0.120. The quantitative estimate of drug-likeness (QED) is 0.526. The number of nitrogens with zero attached hydrogens (tertiary/aromatic N) is 2. The average molecular weight is 442 g/mol. The fourth-order valence-corrected chi connectivity index (χ4v) is 5.80. The van der Waals surface area contributed by atoms with Crippen LogP contribution < -0.4 is 10.9 Å². The van der Waals surface area contributed by atoms with Gasteiger partial charge in [-0.05, 0) is 54.8 Å². The maximum atomic E-state index is 13.2. The summed E-state index contributed by atoms with van der Waals surface area (Å²) in [5, 5.41) is 7.42. The van der Waals surface area contributed by atoms with Gasteiger partial charge in [0.1, 0.15) is 6.04 Å². The van der Waals surface area contributed by atoms with Gasteiger partial charge in [0.2, 0.25) is 5.91 Å². The zero-order valence-electron chi connectivity index (χ0n) is 17.4. The van der Waals surface area contributed by atoms with E-state index in [-0.39, 0.29) is 11.5 Å². The van der Waals surface area contributed by atoms with Crippen molar-refractivity contribution in [1.82, 2.24) is 9.55 Å². The molecule has 4 rings (SSSR count). The topological polar surface area (TPSA) is 64.0 Å². The third-order valence-corrected chi connectivity index (χ3v) is 7.62. The summed E-state index contributed by atoms with van der Waals surface area (Å²) in [7, 11) is 0. The molecule has 1 N–H and O–H groups in total. The molecule has 0 unspecified atom stereocenters. The molecular weight excluding hydrogens is 414 g/mol. The molecule has 158 valence electrons. The second kappa shape index (κ2) is 9.27. The summed E-state index contributed by atoms with van der Waals surface area (Å²) in [5.74, 6) is 0.317. The number of hydrogen-bond acceptors (Lipinski definition) is 5. The van der Waals surface area contributed by atoms with Gasteiger partial charge in [0.05, 0.1) is 0 Å². The fourth-order valence-electron chi connectivity index (χ4n) is 4.38. The maximum Gasteiger partial charge on any atom is 0.252 e. The summed E-state index contributed by atoms with van der Waals surface area (Å²) >= 11 is 3.03. The van der Waals surface area contributed by atoms with Gasteiger partial charge in [0, 0.05) is 28.2 Å². The Bertz CT molecular complexity index is 1060. The van der Waals surface area contributed by atoms with E-state index in [0.717, 1.165) is 29.0 Å². The molecule has 3 aromatic heterocycles. The standard InChI is InChI=1S/C23H27N3O2S2/c1-15-10-20(30-14-15)18-11-16(2)26(21(27)13-18)19(12-17-6-4-3-5-7-17)22(28)25-23-24-8-9-29-23/h8-11,13-14,17,19H,3-7,12H2,1-2H3,(H,24,25,28)/t19-/m0/s1. The second-order valence-corrected chi connectivity index (χ2v) is 9.97. The molecule has 0 bridgehead atoms. The first-order valence-corrected chi connectivity index (χ1v) is 12.3. The van der Waals surface area contributed by atoms with Crippen molar-refractivity contribution in [3.8, 4) is 10.4 Å². The minimum absolute atomic E-state index is 0.119. The van der Waals surface area contributed by atoms with Gasteiger partial charge in [0.15, 0.2) is 5.13 Å². The first kappa shape index (κ1) is 21.0. The van der Waals surface area contributed by atoms with E-state index in [2.05, 4.69) is 28.7 Å². The van der Waals surface area contributed by atoms with Gasteiger partial charge < -0.3 is 9.88 Å². The average Bonchev–Trinajstić information content (AvgIpc) is 3.39. The summed E-state index contributed by atoms with van der Waals surface area (Å²) in [6.07, 6.45) is 8.29. The summed E-state index contributed by atoms with van der Waals surface area (Å²) in [6.45, 7) is 3.98. The molecule has 1 amide bonds. The number of pyridine rings is 1. The molecule has 3 heterocycles. The molecule has 0 spiro atoms. The number of thiophene rings is 1. The van der Waals surface area contributed by atoms with Crippen LogP contribution in [0.4, 0.5) is 5.13 Å². The first-order valence-electron chi connectivity index (χ1n) is 10.5. The van der Waals surface area contributed by atoms with Crippen molar-refractivity contribution in [2.75, 3.05) is 5.32 Å². The van der Waals surface area contributed by atoms with Gasteiger partial charge in [-0.3, -0.25) is 9.59 Å². The Hall–Kier alpha value is -2.25. The largest absolute Gasteiger partial charge is 0.300 e. The molecule has 1 aliphatic carbocycles. The van der Waals surface area contributed by atoms with Crippen molar-refractivity contribution in [3.63, 3.8) is 0 Å². The lowest BCUT2D eigenvalue weighted by atomic mass is 9.84. The van der Waals surface area contributed by atoms with Crippen molar-refractivity contribution < 1.29 is 4.79 Å². The highest BCUT2D eigenvalue weighted by atomic mass is 32.1. The molecule has 0 saturated heterocycles. The Morgan fingerprint density at radius 1 is 1.20 bits per heavy atom. The van der Waals surface area contributed by atoms with Crippen LogP contribution in [0.3, 0.4) is 0 Å². The lowest BCUT2D eigenvalue weighted by Crippen LogP contribution is -2.36. The third-order valence-electron chi connectivity index (χ3n) is 5.83. The fraction of sp³-hybridized carbons (Fsp3) is 0.435. The predicted octanol–water partition coefficient (Wildman–Crippen LogP) is 5.80. The van der Waals surface area contributed by atoms with Crippen molar-refractivity contribution in [2.45, 2.75) is 58.4 Å². The van der Waals surface area contributed by atoms with E-state index in [1.54, 1.807) is 28.2 Å². The SMILES string of the molecule is Cc1csc(-c2cc(C)n([C@@H](CC3CCCCC3)C(=O)Nc3nccs3)c(=O)c2)c1. The van der Waals surface area contributed by atoms with Crippen LogP contribution >= 0.6 is 22.7 Å². The first-order chi connectivity index (χ1) is 14.5. The molecule has 1 saturated carbocycles. The zero-order chi connectivity index (χ0) is 21.1. The molecule has 3 aromatic rings. The molecule has 1 fully saturated rings. The Kier molecular flexibility index (Phi) is 6.49. The van der Waals surface area contributed by atoms with Crippen LogP contribution in [0.1, 0.15) is 55.8 Å². The number of hydrogen-bond donors (Lipinski definition) is 1. The molecule has 7 heteroatoms. The summed E-state index contributed by atoms with van der Waals surface area (Å²) in [6, 6.07) is 5.27. The van der Waals surface area contributed by atoms with Gasteiger partial charge in [-0.25, -0.2) is 4.98 Å². The molecule has 5 nitrogen and oxygen atoms in total. The smallest absolute Gasteiger partial charge is 0.252 e. The highest BCUT2D eigenvalue weighted by molar-refractivity contribution is 7.14. The highest BCUT2D eigenvalue weighted by Gasteiger charge is 2.28. The van der Waals surface area contributed by atoms with Crippen LogP contribution in [0.25, 0.3) is 10.4 Å². The van der Waals surface area contributed by atoms with Crippen molar-refractivity contribution in [1.29, 1.82) is 0 Å². The minimum atomic E-state index is -0.524. The van der Waals surface area contributed by atoms with E-state index < -0.39 is 6.04 Å². The van der Waals surface area contributed by atoms with E-state index in [0.29, 0.717) is 17.5 Å². The van der Waals surface area contributed by atoms with Crippen LogP contribution in [0.2, 0.25) is 0 Å².